The van der Waals surface area contributed by atoms with Crippen LogP contribution in [0, 0.1) is 0 Å². The summed E-state index contributed by atoms with van der Waals surface area (Å²) in [5.74, 6) is -0.257. The van der Waals surface area contributed by atoms with Gasteiger partial charge in [-0.3, -0.25) is 4.79 Å². The summed E-state index contributed by atoms with van der Waals surface area (Å²) in [5, 5.41) is 2.72. The van der Waals surface area contributed by atoms with Gasteiger partial charge < -0.3 is 11.1 Å². The van der Waals surface area contributed by atoms with Crippen LogP contribution in [0.1, 0.15) is 37.7 Å². The van der Waals surface area contributed by atoms with Crippen molar-refractivity contribution < 1.29 is 18.0 Å². The van der Waals surface area contributed by atoms with E-state index >= 15 is 0 Å². The van der Waals surface area contributed by atoms with Crippen LogP contribution in [0.5, 0.6) is 0 Å². The van der Waals surface area contributed by atoms with Gasteiger partial charge in [-0.15, -0.1) is 0 Å². The van der Waals surface area contributed by atoms with E-state index in [4.69, 9.17) is 5.73 Å². The first-order valence-electron chi connectivity index (χ1n) is 7.05. The summed E-state index contributed by atoms with van der Waals surface area (Å²) in [6.07, 6.45) is -2.00. The second kappa shape index (κ2) is 6.05. The molecule has 0 unspecified atom stereocenters. The Kier molecular flexibility index (Phi) is 4.56. The van der Waals surface area contributed by atoms with E-state index in [0.29, 0.717) is 24.1 Å². The summed E-state index contributed by atoms with van der Waals surface area (Å²) in [7, 11) is 0. The lowest BCUT2D eigenvalue weighted by atomic mass is 9.98. The van der Waals surface area contributed by atoms with Gasteiger partial charge in [-0.25, -0.2) is 0 Å². The van der Waals surface area contributed by atoms with E-state index in [2.05, 4.69) is 5.32 Å². The summed E-state index contributed by atoms with van der Waals surface area (Å²) < 4.78 is 36.7. The van der Waals surface area contributed by atoms with Crippen molar-refractivity contribution in [1.29, 1.82) is 0 Å². The summed E-state index contributed by atoms with van der Waals surface area (Å²) in [5.41, 5.74) is 6.24. The molecule has 0 aromatic heterocycles. The number of nitrogens with two attached hydrogens (primary N) is 1. The number of halogens is 3. The highest BCUT2D eigenvalue weighted by Gasteiger charge is 2.37. The lowest BCUT2D eigenvalue weighted by Gasteiger charge is -2.22. The number of aryl methyl sites for hydroxylation is 1. The Morgan fingerprint density at radius 1 is 1.29 bits per heavy atom. The van der Waals surface area contributed by atoms with Gasteiger partial charge >= 0.3 is 6.18 Å². The Labute approximate surface area is 121 Å². The summed E-state index contributed by atoms with van der Waals surface area (Å²) in [6.45, 7) is 0. The highest BCUT2D eigenvalue weighted by Crippen LogP contribution is 2.29. The Morgan fingerprint density at radius 3 is 2.57 bits per heavy atom. The van der Waals surface area contributed by atoms with Crippen LogP contribution < -0.4 is 11.1 Å². The van der Waals surface area contributed by atoms with Crippen molar-refractivity contribution in [3.8, 4) is 0 Å². The number of nitrogens with one attached hydrogen (secondary N) is 1. The minimum absolute atomic E-state index is 0.0963. The molecule has 0 spiro atoms. The van der Waals surface area contributed by atoms with E-state index in [0.717, 1.165) is 12.8 Å². The van der Waals surface area contributed by atoms with Gasteiger partial charge in [0, 0.05) is 12.1 Å². The molecular weight excluding hydrogens is 281 g/mol. The van der Waals surface area contributed by atoms with Crippen LogP contribution in [0.4, 0.5) is 18.9 Å². The molecule has 1 aliphatic rings. The quantitative estimate of drug-likeness (QED) is 0.895. The molecule has 0 radical (unpaired) electrons. The predicted molar refractivity (Wildman–Crippen MR) is 74.8 cm³/mol. The molecule has 3 N–H and O–H groups in total. The molecule has 6 heteroatoms. The average Bonchev–Trinajstić information content (AvgIpc) is 2.84. The number of rotatable bonds is 4. The highest BCUT2D eigenvalue weighted by atomic mass is 19.4. The molecular formula is C15H19F3N2O. The zero-order valence-electron chi connectivity index (χ0n) is 11.7. The standard InChI is InChI=1S/C15H19F3N2O/c16-15(17,18)9-6-11-4-3-5-12(10-11)20-13(21)14(19)7-1-2-8-14/h3-5,10H,1-2,6-9,19H2,(H,20,21). The topological polar surface area (TPSA) is 55.1 Å². The van der Waals surface area contributed by atoms with Gasteiger partial charge in [0.2, 0.25) is 5.91 Å². The van der Waals surface area contributed by atoms with Crippen LogP contribution in [-0.2, 0) is 11.2 Å². The zero-order valence-corrected chi connectivity index (χ0v) is 11.7. The molecule has 1 aliphatic carbocycles. The molecule has 1 saturated carbocycles. The van der Waals surface area contributed by atoms with E-state index < -0.39 is 18.1 Å². The molecule has 0 heterocycles. The highest BCUT2D eigenvalue weighted by molar-refractivity contribution is 5.98. The molecule has 2 rings (SSSR count). The van der Waals surface area contributed by atoms with Crippen LogP contribution in [0.25, 0.3) is 0 Å². The monoisotopic (exact) mass is 300 g/mol. The summed E-state index contributed by atoms with van der Waals surface area (Å²) in [4.78, 5) is 12.1. The van der Waals surface area contributed by atoms with Gasteiger partial charge in [0.05, 0.1) is 5.54 Å². The molecule has 0 aliphatic heterocycles. The average molecular weight is 300 g/mol. The fourth-order valence-electron chi connectivity index (χ4n) is 2.58. The number of amides is 1. The number of alkyl halides is 3. The smallest absolute Gasteiger partial charge is 0.324 e. The first kappa shape index (κ1) is 15.8. The SMILES string of the molecule is NC1(C(=O)Nc2cccc(CCC(F)(F)F)c2)CCCC1. The number of carbonyl (C=O) groups excluding carboxylic acids is 1. The van der Waals surface area contributed by atoms with Gasteiger partial charge in [-0.1, -0.05) is 25.0 Å². The fourth-order valence-corrected chi connectivity index (χ4v) is 2.58. The summed E-state index contributed by atoms with van der Waals surface area (Å²) >= 11 is 0. The van der Waals surface area contributed by atoms with Gasteiger partial charge in [-0.2, -0.15) is 13.2 Å². The number of benzene rings is 1. The van der Waals surface area contributed by atoms with Crippen LogP contribution in [0.15, 0.2) is 24.3 Å². The number of hydrogen-bond acceptors (Lipinski definition) is 2. The Bertz CT molecular complexity index is 508. The molecule has 3 nitrogen and oxygen atoms in total. The van der Waals surface area contributed by atoms with Crippen molar-refractivity contribution >= 4 is 11.6 Å². The number of hydrogen-bond donors (Lipinski definition) is 2. The van der Waals surface area contributed by atoms with E-state index in [9.17, 15) is 18.0 Å². The van der Waals surface area contributed by atoms with Crippen molar-refractivity contribution in [2.45, 2.75) is 50.2 Å². The van der Waals surface area contributed by atoms with Crippen LogP contribution in [0.2, 0.25) is 0 Å². The second-order valence-electron chi connectivity index (χ2n) is 5.63. The predicted octanol–water partition coefficient (Wildman–Crippen LogP) is 3.39. The fraction of sp³-hybridized carbons (Fsp3) is 0.533. The molecule has 0 bridgehead atoms. The molecule has 1 aromatic rings. The van der Waals surface area contributed by atoms with Crippen molar-refractivity contribution in [3.05, 3.63) is 29.8 Å². The maximum Gasteiger partial charge on any atom is 0.389 e. The zero-order chi connectivity index (χ0) is 15.5. The number of anilines is 1. The third-order valence-corrected chi connectivity index (χ3v) is 3.83. The largest absolute Gasteiger partial charge is 0.389 e. The molecule has 21 heavy (non-hydrogen) atoms. The maximum absolute atomic E-state index is 12.2. The Hall–Kier alpha value is -1.56. The van der Waals surface area contributed by atoms with Crippen LogP contribution >= 0.6 is 0 Å². The van der Waals surface area contributed by atoms with Gasteiger partial charge in [-0.05, 0) is 37.0 Å². The van der Waals surface area contributed by atoms with Crippen molar-refractivity contribution in [2.75, 3.05) is 5.32 Å². The van der Waals surface area contributed by atoms with Gasteiger partial charge in [0.15, 0.2) is 0 Å². The molecule has 0 saturated heterocycles. The normalized spacial score (nSPS) is 17.7. The van der Waals surface area contributed by atoms with E-state index in [1.807, 2.05) is 0 Å². The first-order chi connectivity index (χ1) is 9.78. The molecule has 1 fully saturated rings. The van der Waals surface area contributed by atoms with Crippen molar-refractivity contribution in [2.24, 2.45) is 5.73 Å². The first-order valence-corrected chi connectivity index (χ1v) is 7.05. The molecule has 1 aromatic carbocycles. The Morgan fingerprint density at radius 2 is 1.95 bits per heavy atom. The van der Waals surface area contributed by atoms with Gasteiger partial charge in [0.25, 0.3) is 0 Å². The molecule has 1 amide bonds. The van der Waals surface area contributed by atoms with Crippen LogP contribution in [0.3, 0.4) is 0 Å². The second-order valence-corrected chi connectivity index (χ2v) is 5.63. The van der Waals surface area contributed by atoms with Crippen molar-refractivity contribution in [3.63, 3.8) is 0 Å². The molecule has 116 valence electrons. The number of carbonyl (C=O) groups is 1. The van der Waals surface area contributed by atoms with Crippen LogP contribution in [-0.4, -0.2) is 17.6 Å². The lowest BCUT2D eigenvalue weighted by molar-refractivity contribution is -0.134. The third-order valence-electron chi connectivity index (χ3n) is 3.83. The summed E-state index contributed by atoms with van der Waals surface area (Å²) in [6, 6.07) is 6.49. The van der Waals surface area contributed by atoms with E-state index in [1.54, 1.807) is 24.3 Å². The van der Waals surface area contributed by atoms with Gasteiger partial charge in [0.1, 0.15) is 0 Å². The molecule has 0 atom stereocenters. The van der Waals surface area contributed by atoms with E-state index in [1.165, 1.54) is 0 Å². The van der Waals surface area contributed by atoms with Crippen molar-refractivity contribution in [1.82, 2.24) is 0 Å². The third kappa shape index (κ3) is 4.46. The lowest BCUT2D eigenvalue weighted by Crippen LogP contribution is -2.48. The minimum Gasteiger partial charge on any atom is -0.324 e. The Balaban J connectivity index is 1.99. The minimum atomic E-state index is -4.18. The van der Waals surface area contributed by atoms with E-state index in [-0.39, 0.29) is 12.3 Å². The maximum atomic E-state index is 12.2.